The zero-order valence-corrected chi connectivity index (χ0v) is 13.7. The summed E-state index contributed by atoms with van der Waals surface area (Å²) < 4.78 is 23.4. The van der Waals surface area contributed by atoms with Gasteiger partial charge in [0, 0.05) is 0 Å². The molecule has 0 bridgehead atoms. The van der Waals surface area contributed by atoms with Crippen molar-refractivity contribution in [3.8, 4) is 5.75 Å². The number of rotatable bonds is 6. The van der Waals surface area contributed by atoms with Gasteiger partial charge in [0.05, 0.1) is 7.11 Å². The zero-order chi connectivity index (χ0) is 17.9. The van der Waals surface area contributed by atoms with Gasteiger partial charge in [-0.2, -0.15) is 0 Å². The van der Waals surface area contributed by atoms with Gasteiger partial charge in [0.25, 0.3) is 5.91 Å². The molecule has 1 aliphatic rings. The van der Waals surface area contributed by atoms with E-state index in [0.29, 0.717) is 12.0 Å². The summed E-state index contributed by atoms with van der Waals surface area (Å²) in [6.45, 7) is 2.70. The molecule has 130 valence electrons. The number of nitrogens with zero attached hydrogens (tertiary/aromatic N) is 1. The molecule has 1 N–H and O–H groups in total. The Morgan fingerprint density at radius 3 is 2.62 bits per heavy atom. The van der Waals surface area contributed by atoms with Gasteiger partial charge < -0.3 is 14.8 Å². The van der Waals surface area contributed by atoms with Crippen molar-refractivity contribution in [2.45, 2.75) is 32.4 Å². The van der Waals surface area contributed by atoms with Crippen LogP contribution in [0.4, 0.5) is 9.18 Å². The Morgan fingerprint density at radius 2 is 2.08 bits per heavy atom. The zero-order valence-electron chi connectivity index (χ0n) is 13.7. The predicted molar refractivity (Wildman–Crippen MR) is 81.7 cm³/mol. The average molecular weight is 338 g/mol. The fraction of sp³-hybridized carbons (Fsp3) is 0.438. The monoisotopic (exact) mass is 338 g/mol. The van der Waals surface area contributed by atoms with Crippen molar-refractivity contribution >= 4 is 17.9 Å². The molecule has 0 aliphatic carbocycles. The molecule has 1 aromatic carbocycles. The SMILES string of the molecule is CC[C@@]1(C)NC(=O)N(CC(=O)OCc2ccc(OC)c(F)c2)C1=O. The summed E-state index contributed by atoms with van der Waals surface area (Å²) in [5.41, 5.74) is -0.575. The van der Waals surface area contributed by atoms with Crippen LogP contribution in [0.25, 0.3) is 0 Å². The Morgan fingerprint density at radius 1 is 1.38 bits per heavy atom. The minimum Gasteiger partial charge on any atom is -0.494 e. The molecule has 24 heavy (non-hydrogen) atoms. The maximum Gasteiger partial charge on any atom is 0.326 e. The predicted octanol–water partition coefficient (Wildman–Crippen LogP) is 1.60. The van der Waals surface area contributed by atoms with Crippen LogP contribution in [0.15, 0.2) is 18.2 Å². The molecular formula is C16H19FN2O5. The second kappa shape index (κ2) is 6.86. The highest BCUT2D eigenvalue weighted by Gasteiger charge is 2.47. The minimum atomic E-state index is -1.00. The third-order valence-electron chi connectivity index (χ3n) is 3.96. The molecule has 1 heterocycles. The molecule has 2 rings (SSSR count). The van der Waals surface area contributed by atoms with E-state index in [9.17, 15) is 18.8 Å². The van der Waals surface area contributed by atoms with Crippen LogP contribution < -0.4 is 10.1 Å². The first-order valence-electron chi connectivity index (χ1n) is 7.43. The van der Waals surface area contributed by atoms with Gasteiger partial charge in [-0.15, -0.1) is 0 Å². The number of esters is 1. The lowest BCUT2D eigenvalue weighted by molar-refractivity contribution is -0.148. The summed E-state index contributed by atoms with van der Waals surface area (Å²) in [6, 6.07) is 3.53. The molecule has 8 heteroatoms. The number of nitrogens with one attached hydrogen (secondary N) is 1. The van der Waals surface area contributed by atoms with E-state index in [2.05, 4.69) is 5.32 Å². The number of hydrogen-bond acceptors (Lipinski definition) is 5. The van der Waals surface area contributed by atoms with E-state index in [4.69, 9.17) is 9.47 Å². The van der Waals surface area contributed by atoms with Gasteiger partial charge in [-0.25, -0.2) is 9.18 Å². The van der Waals surface area contributed by atoms with Crippen molar-refractivity contribution in [2.75, 3.05) is 13.7 Å². The topological polar surface area (TPSA) is 84.9 Å². The first-order chi connectivity index (χ1) is 11.3. The van der Waals surface area contributed by atoms with Crippen LogP contribution >= 0.6 is 0 Å². The fourth-order valence-corrected chi connectivity index (χ4v) is 2.27. The van der Waals surface area contributed by atoms with Gasteiger partial charge in [0.1, 0.15) is 18.7 Å². The Hall–Kier alpha value is -2.64. The summed E-state index contributed by atoms with van der Waals surface area (Å²) >= 11 is 0. The molecule has 1 aliphatic heterocycles. The highest BCUT2D eigenvalue weighted by atomic mass is 19.1. The fourth-order valence-electron chi connectivity index (χ4n) is 2.27. The molecule has 1 saturated heterocycles. The Balaban J connectivity index is 1.93. The van der Waals surface area contributed by atoms with E-state index in [1.54, 1.807) is 19.9 Å². The maximum atomic E-state index is 13.6. The summed E-state index contributed by atoms with van der Waals surface area (Å²) in [4.78, 5) is 36.6. The van der Waals surface area contributed by atoms with Crippen LogP contribution in [0.5, 0.6) is 5.75 Å². The normalized spacial score (nSPS) is 20.1. The van der Waals surface area contributed by atoms with Crippen molar-refractivity contribution in [1.29, 1.82) is 0 Å². The van der Waals surface area contributed by atoms with Crippen molar-refractivity contribution in [2.24, 2.45) is 0 Å². The van der Waals surface area contributed by atoms with Crippen LogP contribution in [-0.2, 0) is 20.9 Å². The van der Waals surface area contributed by atoms with Crippen LogP contribution in [0.3, 0.4) is 0 Å². The highest BCUT2D eigenvalue weighted by Crippen LogP contribution is 2.21. The standard InChI is InChI=1S/C16H19FN2O5/c1-4-16(2)14(21)19(15(22)18-16)8-13(20)24-9-10-5-6-12(23-3)11(17)7-10/h5-7H,4,8-9H2,1-3H3,(H,18,22)/t16-/m1/s1. The maximum absolute atomic E-state index is 13.6. The summed E-state index contributed by atoms with van der Waals surface area (Å²) in [5, 5.41) is 2.55. The van der Waals surface area contributed by atoms with E-state index < -0.39 is 35.8 Å². The quantitative estimate of drug-likeness (QED) is 0.629. The summed E-state index contributed by atoms with van der Waals surface area (Å²) in [7, 11) is 1.35. The van der Waals surface area contributed by atoms with Gasteiger partial charge >= 0.3 is 12.0 Å². The number of urea groups is 1. The van der Waals surface area contributed by atoms with Crippen molar-refractivity contribution in [1.82, 2.24) is 10.2 Å². The molecule has 0 spiro atoms. The second-order valence-corrected chi connectivity index (χ2v) is 5.64. The lowest BCUT2D eigenvalue weighted by Crippen LogP contribution is -2.43. The van der Waals surface area contributed by atoms with Gasteiger partial charge in [-0.3, -0.25) is 14.5 Å². The van der Waals surface area contributed by atoms with Gasteiger partial charge in [-0.1, -0.05) is 13.0 Å². The molecule has 0 saturated carbocycles. The third kappa shape index (κ3) is 3.47. The Kier molecular flexibility index (Phi) is 5.06. The number of hydrogen-bond donors (Lipinski definition) is 1. The van der Waals surface area contributed by atoms with Crippen LogP contribution in [0.2, 0.25) is 0 Å². The number of methoxy groups -OCH3 is 1. The smallest absolute Gasteiger partial charge is 0.326 e. The number of imide groups is 1. The molecular weight excluding hydrogens is 319 g/mol. The van der Waals surface area contributed by atoms with Gasteiger partial charge in [0.15, 0.2) is 11.6 Å². The molecule has 0 aromatic heterocycles. The average Bonchev–Trinajstić information content (AvgIpc) is 2.77. The van der Waals surface area contributed by atoms with Crippen molar-refractivity contribution < 1.29 is 28.2 Å². The lowest BCUT2D eigenvalue weighted by Gasteiger charge is -2.18. The molecule has 3 amide bonds. The summed E-state index contributed by atoms with van der Waals surface area (Å²) in [5.74, 6) is -1.71. The van der Waals surface area contributed by atoms with Crippen LogP contribution in [0, 0.1) is 5.82 Å². The molecule has 1 fully saturated rings. The molecule has 0 radical (unpaired) electrons. The van der Waals surface area contributed by atoms with Crippen molar-refractivity contribution in [3.63, 3.8) is 0 Å². The molecule has 0 unspecified atom stereocenters. The van der Waals surface area contributed by atoms with E-state index in [1.165, 1.54) is 19.2 Å². The first-order valence-corrected chi connectivity index (χ1v) is 7.43. The molecule has 1 atom stereocenters. The number of carbonyl (C=O) groups is 3. The lowest BCUT2D eigenvalue weighted by atomic mass is 9.99. The van der Waals surface area contributed by atoms with Crippen molar-refractivity contribution in [3.05, 3.63) is 29.6 Å². The van der Waals surface area contributed by atoms with E-state index in [0.717, 1.165) is 4.90 Å². The van der Waals surface area contributed by atoms with Gasteiger partial charge in [0.2, 0.25) is 0 Å². The highest BCUT2D eigenvalue weighted by molar-refractivity contribution is 6.08. The third-order valence-corrected chi connectivity index (χ3v) is 3.96. The van der Waals surface area contributed by atoms with E-state index in [1.807, 2.05) is 0 Å². The number of carbonyl (C=O) groups excluding carboxylic acids is 3. The second-order valence-electron chi connectivity index (χ2n) is 5.64. The number of amides is 3. The number of halogens is 1. The molecule has 7 nitrogen and oxygen atoms in total. The van der Waals surface area contributed by atoms with E-state index in [-0.39, 0.29) is 12.4 Å². The number of ether oxygens (including phenoxy) is 2. The van der Waals surface area contributed by atoms with Gasteiger partial charge in [-0.05, 0) is 31.0 Å². The first kappa shape index (κ1) is 17.7. The van der Waals surface area contributed by atoms with Crippen LogP contribution in [0.1, 0.15) is 25.8 Å². The van der Waals surface area contributed by atoms with E-state index >= 15 is 0 Å². The Bertz CT molecular complexity index is 678. The summed E-state index contributed by atoms with van der Waals surface area (Å²) in [6.07, 6.45) is 0.411. The Labute approximate surface area is 138 Å². The largest absolute Gasteiger partial charge is 0.494 e. The minimum absolute atomic E-state index is 0.0864. The number of benzene rings is 1. The van der Waals surface area contributed by atoms with Crippen LogP contribution in [-0.4, -0.2) is 42.0 Å². The molecule has 1 aromatic rings.